The van der Waals surface area contributed by atoms with Crippen molar-refractivity contribution in [1.82, 2.24) is 5.32 Å². The predicted molar refractivity (Wildman–Crippen MR) is 71.6 cm³/mol. The quantitative estimate of drug-likeness (QED) is 0.746. The van der Waals surface area contributed by atoms with Crippen molar-refractivity contribution in [1.29, 1.82) is 5.26 Å². The molecule has 0 fully saturated rings. The van der Waals surface area contributed by atoms with Crippen molar-refractivity contribution in [2.45, 2.75) is 52.1 Å². The van der Waals surface area contributed by atoms with E-state index in [9.17, 15) is 4.39 Å². The molecule has 1 N–H and O–H groups in total. The SMILES string of the molecule is CCCCCC(C)NCc1ccc(F)c(C#N)c1. The second-order valence-corrected chi connectivity index (χ2v) is 4.70. The molecule has 0 heterocycles. The molecular formula is C15H21FN2. The van der Waals surface area contributed by atoms with Gasteiger partial charge < -0.3 is 5.32 Å². The Kier molecular flexibility index (Phi) is 6.38. The molecule has 0 saturated heterocycles. The number of rotatable bonds is 7. The van der Waals surface area contributed by atoms with Crippen LogP contribution in [-0.2, 0) is 6.54 Å². The standard InChI is InChI=1S/C15H21FN2/c1-3-4-5-6-12(2)18-11-13-7-8-15(16)14(9-13)10-17/h7-9,12,18H,3-6,11H2,1-2H3. The minimum Gasteiger partial charge on any atom is -0.310 e. The molecule has 98 valence electrons. The van der Waals surface area contributed by atoms with Gasteiger partial charge in [0.15, 0.2) is 0 Å². The topological polar surface area (TPSA) is 35.8 Å². The van der Waals surface area contributed by atoms with Gasteiger partial charge in [-0.3, -0.25) is 0 Å². The van der Waals surface area contributed by atoms with Crippen molar-refractivity contribution in [3.63, 3.8) is 0 Å². The van der Waals surface area contributed by atoms with Gasteiger partial charge in [-0.2, -0.15) is 5.26 Å². The maximum atomic E-state index is 13.1. The maximum absolute atomic E-state index is 13.1. The Hall–Kier alpha value is -1.40. The number of hydrogen-bond donors (Lipinski definition) is 1. The normalized spacial score (nSPS) is 12.1. The molecule has 0 radical (unpaired) electrons. The Morgan fingerprint density at radius 3 is 2.83 bits per heavy atom. The predicted octanol–water partition coefficient (Wildman–Crippen LogP) is 3.76. The van der Waals surface area contributed by atoms with Gasteiger partial charge in [0.05, 0.1) is 5.56 Å². The van der Waals surface area contributed by atoms with Gasteiger partial charge in [0.2, 0.25) is 0 Å². The van der Waals surface area contributed by atoms with Crippen molar-refractivity contribution in [3.05, 3.63) is 35.1 Å². The minimum atomic E-state index is -0.447. The Labute approximate surface area is 109 Å². The molecule has 0 aliphatic rings. The molecule has 0 saturated carbocycles. The van der Waals surface area contributed by atoms with E-state index in [0.717, 1.165) is 12.0 Å². The fourth-order valence-corrected chi connectivity index (χ4v) is 1.86. The average Bonchev–Trinajstić information content (AvgIpc) is 2.38. The molecule has 1 unspecified atom stereocenters. The van der Waals surface area contributed by atoms with Crippen molar-refractivity contribution in [3.8, 4) is 6.07 Å². The zero-order chi connectivity index (χ0) is 13.4. The van der Waals surface area contributed by atoms with Gasteiger partial charge in [-0.15, -0.1) is 0 Å². The van der Waals surface area contributed by atoms with Crippen molar-refractivity contribution in [2.75, 3.05) is 0 Å². The van der Waals surface area contributed by atoms with E-state index >= 15 is 0 Å². The van der Waals surface area contributed by atoms with Crippen LogP contribution in [0, 0.1) is 17.1 Å². The molecule has 0 amide bonds. The molecule has 0 bridgehead atoms. The first-order chi connectivity index (χ1) is 8.67. The molecule has 1 aromatic carbocycles. The number of halogens is 1. The molecule has 0 spiro atoms. The number of unbranched alkanes of at least 4 members (excludes halogenated alkanes) is 2. The first kappa shape index (κ1) is 14.7. The summed E-state index contributed by atoms with van der Waals surface area (Å²) in [4.78, 5) is 0. The van der Waals surface area contributed by atoms with Crippen LogP contribution in [0.2, 0.25) is 0 Å². The molecule has 0 aliphatic carbocycles. The lowest BCUT2D eigenvalue weighted by molar-refractivity contribution is 0.487. The van der Waals surface area contributed by atoms with E-state index in [4.69, 9.17) is 5.26 Å². The fraction of sp³-hybridized carbons (Fsp3) is 0.533. The molecule has 3 heteroatoms. The summed E-state index contributed by atoms with van der Waals surface area (Å²) in [6.07, 6.45) is 4.88. The third kappa shape index (κ3) is 4.85. The van der Waals surface area contributed by atoms with Crippen LogP contribution in [0.25, 0.3) is 0 Å². The van der Waals surface area contributed by atoms with Crippen LogP contribution in [0.1, 0.15) is 50.7 Å². The van der Waals surface area contributed by atoms with E-state index < -0.39 is 5.82 Å². The van der Waals surface area contributed by atoms with E-state index in [1.807, 2.05) is 6.07 Å². The lowest BCUT2D eigenvalue weighted by Gasteiger charge is -2.13. The summed E-state index contributed by atoms with van der Waals surface area (Å²) in [5.41, 5.74) is 1.07. The van der Waals surface area contributed by atoms with Gasteiger partial charge in [0.1, 0.15) is 11.9 Å². The number of nitriles is 1. The molecular weight excluding hydrogens is 227 g/mol. The van der Waals surface area contributed by atoms with Gasteiger partial charge in [-0.25, -0.2) is 4.39 Å². The Balaban J connectivity index is 2.41. The first-order valence-electron chi connectivity index (χ1n) is 6.59. The molecule has 0 aliphatic heterocycles. The summed E-state index contributed by atoms with van der Waals surface area (Å²) in [5.74, 6) is -0.447. The average molecular weight is 248 g/mol. The van der Waals surface area contributed by atoms with Gasteiger partial charge >= 0.3 is 0 Å². The number of nitrogens with one attached hydrogen (secondary N) is 1. The molecule has 1 atom stereocenters. The highest BCUT2D eigenvalue weighted by molar-refractivity contribution is 5.34. The maximum Gasteiger partial charge on any atom is 0.140 e. The largest absolute Gasteiger partial charge is 0.310 e. The van der Waals surface area contributed by atoms with Gasteiger partial charge in [-0.05, 0) is 31.0 Å². The zero-order valence-corrected chi connectivity index (χ0v) is 11.2. The summed E-state index contributed by atoms with van der Waals surface area (Å²) < 4.78 is 13.1. The highest BCUT2D eigenvalue weighted by Crippen LogP contribution is 2.10. The van der Waals surface area contributed by atoms with Crippen LogP contribution in [0.4, 0.5) is 4.39 Å². The van der Waals surface area contributed by atoms with Crippen LogP contribution < -0.4 is 5.32 Å². The fourth-order valence-electron chi connectivity index (χ4n) is 1.86. The molecule has 18 heavy (non-hydrogen) atoms. The van der Waals surface area contributed by atoms with Crippen LogP contribution in [0.15, 0.2) is 18.2 Å². The van der Waals surface area contributed by atoms with Crippen LogP contribution in [0.3, 0.4) is 0 Å². The Bertz CT molecular complexity index is 409. The Morgan fingerprint density at radius 1 is 1.39 bits per heavy atom. The Morgan fingerprint density at radius 2 is 2.17 bits per heavy atom. The van der Waals surface area contributed by atoms with Crippen LogP contribution >= 0.6 is 0 Å². The summed E-state index contributed by atoms with van der Waals surface area (Å²) in [6, 6.07) is 7.01. The highest BCUT2D eigenvalue weighted by Gasteiger charge is 2.04. The van der Waals surface area contributed by atoms with E-state index in [1.54, 1.807) is 12.1 Å². The summed E-state index contributed by atoms with van der Waals surface area (Å²) in [5, 5.41) is 12.1. The number of benzene rings is 1. The highest BCUT2D eigenvalue weighted by atomic mass is 19.1. The second-order valence-electron chi connectivity index (χ2n) is 4.70. The first-order valence-corrected chi connectivity index (χ1v) is 6.59. The van der Waals surface area contributed by atoms with E-state index in [1.165, 1.54) is 25.3 Å². The molecule has 1 aromatic rings. The van der Waals surface area contributed by atoms with Crippen LogP contribution in [0.5, 0.6) is 0 Å². The van der Waals surface area contributed by atoms with Gasteiger partial charge in [-0.1, -0.05) is 32.3 Å². The lowest BCUT2D eigenvalue weighted by atomic mass is 10.1. The summed E-state index contributed by atoms with van der Waals surface area (Å²) in [7, 11) is 0. The zero-order valence-electron chi connectivity index (χ0n) is 11.2. The third-order valence-electron chi connectivity index (χ3n) is 3.05. The molecule has 2 nitrogen and oxygen atoms in total. The molecule has 0 aromatic heterocycles. The number of hydrogen-bond acceptors (Lipinski definition) is 2. The lowest BCUT2D eigenvalue weighted by Crippen LogP contribution is -2.25. The van der Waals surface area contributed by atoms with E-state index in [2.05, 4.69) is 19.2 Å². The second kappa shape index (κ2) is 7.84. The van der Waals surface area contributed by atoms with E-state index in [-0.39, 0.29) is 5.56 Å². The van der Waals surface area contributed by atoms with Crippen molar-refractivity contribution >= 4 is 0 Å². The van der Waals surface area contributed by atoms with Gasteiger partial charge in [0, 0.05) is 12.6 Å². The van der Waals surface area contributed by atoms with Crippen molar-refractivity contribution < 1.29 is 4.39 Å². The number of nitrogens with zero attached hydrogens (tertiary/aromatic N) is 1. The summed E-state index contributed by atoms with van der Waals surface area (Å²) >= 11 is 0. The third-order valence-corrected chi connectivity index (χ3v) is 3.05. The van der Waals surface area contributed by atoms with E-state index in [0.29, 0.717) is 12.6 Å². The van der Waals surface area contributed by atoms with Crippen LogP contribution in [-0.4, -0.2) is 6.04 Å². The summed E-state index contributed by atoms with van der Waals surface area (Å²) in [6.45, 7) is 5.03. The van der Waals surface area contributed by atoms with Gasteiger partial charge in [0.25, 0.3) is 0 Å². The minimum absolute atomic E-state index is 0.118. The van der Waals surface area contributed by atoms with Crippen molar-refractivity contribution in [2.24, 2.45) is 0 Å². The smallest absolute Gasteiger partial charge is 0.140 e. The molecule has 1 rings (SSSR count). The monoisotopic (exact) mass is 248 g/mol.